The molecule has 0 aromatic heterocycles. The molecule has 0 saturated carbocycles. The topological polar surface area (TPSA) is 24.1 Å². The van der Waals surface area contributed by atoms with Crippen molar-refractivity contribution in [1.82, 2.24) is 10.6 Å². The van der Waals surface area contributed by atoms with E-state index in [1.54, 1.807) is 0 Å². The number of nitrogens with one attached hydrogen (secondary N) is 2. The predicted octanol–water partition coefficient (Wildman–Crippen LogP) is 2.24. The zero-order chi connectivity index (χ0) is 11.6. The molecule has 0 saturated heterocycles. The average molecular weight is 216 g/mol. The third kappa shape index (κ3) is 4.91. The van der Waals surface area contributed by atoms with Gasteiger partial charge in [-0.3, -0.25) is 0 Å². The summed E-state index contributed by atoms with van der Waals surface area (Å²) >= 11 is 0. The minimum atomic E-state index is 0.846. The SMILES string of the molecule is C=CCNCc1cccc(CNCC=C)c1. The van der Waals surface area contributed by atoms with Gasteiger partial charge in [0, 0.05) is 26.2 Å². The summed E-state index contributed by atoms with van der Waals surface area (Å²) in [6, 6.07) is 8.57. The maximum absolute atomic E-state index is 3.68. The molecule has 0 heterocycles. The second kappa shape index (κ2) is 7.85. The first-order valence-corrected chi connectivity index (χ1v) is 5.58. The molecule has 0 aliphatic rings. The number of benzene rings is 1. The standard InChI is InChI=1S/C14H20N2/c1-3-8-15-11-13-6-5-7-14(10-13)12-16-9-4-2/h3-7,10,15-16H,1-2,8-9,11-12H2. The molecule has 0 radical (unpaired) electrons. The Hall–Kier alpha value is -1.38. The van der Waals surface area contributed by atoms with Gasteiger partial charge in [-0.15, -0.1) is 13.2 Å². The van der Waals surface area contributed by atoms with Crippen molar-refractivity contribution in [2.45, 2.75) is 13.1 Å². The summed E-state index contributed by atoms with van der Waals surface area (Å²) in [6.07, 6.45) is 3.74. The summed E-state index contributed by atoms with van der Waals surface area (Å²) < 4.78 is 0. The van der Waals surface area contributed by atoms with Gasteiger partial charge in [0.1, 0.15) is 0 Å². The van der Waals surface area contributed by atoms with Gasteiger partial charge in [-0.1, -0.05) is 36.4 Å². The van der Waals surface area contributed by atoms with E-state index in [4.69, 9.17) is 0 Å². The summed E-state index contributed by atoms with van der Waals surface area (Å²) in [5.41, 5.74) is 2.61. The molecule has 0 unspecified atom stereocenters. The first kappa shape index (κ1) is 12.7. The largest absolute Gasteiger partial charge is 0.309 e. The van der Waals surface area contributed by atoms with Crippen LogP contribution in [0.15, 0.2) is 49.6 Å². The molecule has 0 aliphatic carbocycles. The molecule has 0 amide bonds. The lowest BCUT2D eigenvalue weighted by atomic mass is 10.1. The van der Waals surface area contributed by atoms with Gasteiger partial charge in [-0.05, 0) is 11.1 Å². The highest BCUT2D eigenvalue weighted by molar-refractivity contribution is 5.23. The molecule has 1 aromatic carbocycles. The van der Waals surface area contributed by atoms with E-state index in [1.165, 1.54) is 11.1 Å². The van der Waals surface area contributed by atoms with Crippen LogP contribution in [0.5, 0.6) is 0 Å². The number of hydrogen-bond acceptors (Lipinski definition) is 2. The monoisotopic (exact) mass is 216 g/mol. The van der Waals surface area contributed by atoms with Gasteiger partial charge < -0.3 is 10.6 Å². The molecule has 2 nitrogen and oxygen atoms in total. The molecular weight excluding hydrogens is 196 g/mol. The van der Waals surface area contributed by atoms with Gasteiger partial charge in [-0.25, -0.2) is 0 Å². The van der Waals surface area contributed by atoms with Gasteiger partial charge >= 0.3 is 0 Å². The maximum Gasteiger partial charge on any atom is 0.0208 e. The zero-order valence-corrected chi connectivity index (χ0v) is 9.71. The summed E-state index contributed by atoms with van der Waals surface area (Å²) in [6.45, 7) is 10.8. The van der Waals surface area contributed by atoms with Crippen LogP contribution in [0, 0.1) is 0 Å². The fraction of sp³-hybridized carbons (Fsp3) is 0.286. The van der Waals surface area contributed by atoms with Crippen LogP contribution in [-0.2, 0) is 13.1 Å². The van der Waals surface area contributed by atoms with Crippen molar-refractivity contribution in [1.29, 1.82) is 0 Å². The van der Waals surface area contributed by atoms with Crippen molar-refractivity contribution < 1.29 is 0 Å². The van der Waals surface area contributed by atoms with Crippen LogP contribution in [-0.4, -0.2) is 13.1 Å². The van der Waals surface area contributed by atoms with Crippen LogP contribution in [0.4, 0.5) is 0 Å². The van der Waals surface area contributed by atoms with Crippen molar-refractivity contribution in [3.05, 3.63) is 60.7 Å². The first-order valence-electron chi connectivity index (χ1n) is 5.58. The van der Waals surface area contributed by atoms with Crippen molar-refractivity contribution in [3.8, 4) is 0 Å². The minimum absolute atomic E-state index is 0.846. The van der Waals surface area contributed by atoms with Gasteiger partial charge in [-0.2, -0.15) is 0 Å². The van der Waals surface area contributed by atoms with Gasteiger partial charge in [0.15, 0.2) is 0 Å². The van der Waals surface area contributed by atoms with Crippen LogP contribution in [0.2, 0.25) is 0 Å². The molecular formula is C14H20N2. The molecule has 0 fully saturated rings. The Labute approximate surface area is 98.1 Å². The van der Waals surface area contributed by atoms with Crippen LogP contribution in [0.25, 0.3) is 0 Å². The second-order valence-electron chi connectivity index (χ2n) is 3.66. The van der Waals surface area contributed by atoms with Gasteiger partial charge in [0.05, 0.1) is 0 Å². The zero-order valence-electron chi connectivity index (χ0n) is 9.71. The molecule has 2 N–H and O–H groups in total. The molecule has 0 bridgehead atoms. The smallest absolute Gasteiger partial charge is 0.0208 e. The van der Waals surface area contributed by atoms with Crippen LogP contribution in [0.3, 0.4) is 0 Å². The van der Waals surface area contributed by atoms with Crippen LogP contribution < -0.4 is 10.6 Å². The van der Waals surface area contributed by atoms with E-state index in [0.717, 1.165) is 26.2 Å². The number of hydrogen-bond donors (Lipinski definition) is 2. The van der Waals surface area contributed by atoms with E-state index < -0.39 is 0 Å². The Balaban J connectivity index is 2.43. The van der Waals surface area contributed by atoms with Crippen molar-refractivity contribution in [2.75, 3.05) is 13.1 Å². The van der Waals surface area contributed by atoms with Crippen molar-refractivity contribution in [3.63, 3.8) is 0 Å². The van der Waals surface area contributed by atoms with Crippen molar-refractivity contribution >= 4 is 0 Å². The fourth-order valence-electron chi connectivity index (χ4n) is 1.49. The van der Waals surface area contributed by atoms with E-state index >= 15 is 0 Å². The Morgan fingerprint density at radius 3 is 1.88 bits per heavy atom. The molecule has 1 rings (SSSR count). The van der Waals surface area contributed by atoms with E-state index in [1.807, 2.05) is 12.2 Å². The molecule has 16 heavy (non-hydrogen) atoms. The summed E-state index contributed by atoms with van der Waals surface area (Å²) in [5.74, 6) is 0. The lowest BCUT2D eigenvalue weighted by Crippen LogP contribution is -2.14. The molecule has 0 aliphatic heterocycles. The highest BCUT2D eigenvalue weighted by atomic mass is 14.8. The Kier molecular flexibility index (Phi) is 6.23. The van der Waals surface area contributed by atoms with Crippen molar-refractivity contribution in [2.24, 2.45) is 0 Å². The Morgan fingerprint density at radius 2 is 1.44 bits per heavy atom. The third-order valence-corrected chi connectivity index (χ3v) is 2.23. The lowest BCUT2D eigenvalue weighted by molar-refractivity contribution is 0.744. The van der Waals surface area contributed by atoms with Gasteiger partial charge in [0.2, 0.25) is 0 Å². The summed E-state index contributed by atoms with van der Waals surface area (Å²) in [4.78, 5) is 0. The fourth-order valence-corrected chi connectivity index (χ4v) is 1.49. The number of rotatable bonds is 8. The third-order valence-electron chi connectivity index (χ3n) is 2.23. The van der Waals surface area contributed by atoms with E-state index in [0.29, 0.717) is 0 Å². The molecule has 0 spiro atoms. The Morgan fingerprint density at radius 1 is 0.938 bits per heavy atom. The maximum atomic E-state index is 3.68. The summed E-state index contributed by atoms with van der Waals surface area (Å²) in [7, 11) is 0. The second-order valence-corrected chi connectivity index (χ2v) is 3.66. The first-order chi connectivity index (χ1) is 7.86. The van der Waals surface area contributed by atoms with E-state index in [2.05, 4.69) is 48.1 Å². The highest BCUT2D eigenvalue weighted by Crippen LogP contribution is 2.04. The highest BCUT2D eigenvalue weighted by Gasteiger charge is 1.95. The molecule has 1 aromatic rings. The summed E-state index contributed by atoms with van der Waals surface area (Å²) in [5, 5.41) is 6.58. The molecule has 86 valence electrons. The predicted molar refractivity (Wildman–Crippen MR) is 70.2 cm³/mol. The van der Waals surface area contributed by atoms with Crippen LogP contribution in [0.1, 0.15) is 11.1 Å². The lowest BCUT2D eigenvalue weighted by Gasteiger charge is -2.06. The normalized spacial score (nSPS) is 10.0. The van der Waals surface area contributed by atoms with Crippen LogP contribution >= 0.6 is 0 Å². The minimum Gasteiger partial charge on any atom is -0.309 e. The Bertz CT molecular complexity index is 302. The van der Waals surface area contributed by atoms with E-state index in [-0.39, 0.29) is 0 Å². The van der Waals surface area contributed by atoms with E-state index in [9.17, 15) is 0 Å². The average Bonchev–Trinajstić information content (AvgIpc) is 2.30. The molecule has 2 heteroatoms. The van der Waals surface area contributed by atoms with Gasteiger partial charge in [0.25, 0.3) is 0 Å². The molecule has 0 atom stereocenters. The quantitative estimate of drug-likeness (QED) is 0.514.